The van der Waals surface area contributed by atoms with Crippen LogP contribution in [0.3, 0.4) is 0 Å². The van der Waals surface area contributed by atoms with Crippen LogP contribution < -0.4 is 15.5 Å². The Morgan fingerprint density at radius 3 is 2.20 bits per heavy atom. The van der Waals surface area contributed by atoms with Crippen molar-refractivity contribution in [2.24, 2.45) is 5.92 Å². The lowest BCUT2D eigenvalue weighted by Gasteiger charge is -2.42. The number of hydrogen-bond acceptors (Lipinski definition) is 5. The van der Waals surface area contributed by atoms with E-state index in [9.17, 15) is 49.1 Å². The van der Waals surface area contributed by atoms with Crippen molar-refractivity contribution in [2.45, 2.75) is 43.8 Å². The SMILES string of the molecule is FC(F)(F)c1ccccc1CNc1cc2c3c(c1)[C@@H]1CNC[C@@H]1CN3CCC2.O=C(C(=O)C(F)(F)F)C(F)(F)F. The molecule has 3 aliphatic rings. The molecular weight excluding hydrogens is 557 g/mol. The maximum absolute atomic E-state index is 13.3. The molecule has 0 aromatic heterocycles. The lowest BCUT2D eigenvalue weighted by atomic mass is 9.80. The van der Waals surface area contributed by atoms with Gasteiger partial charge in [0.25, 0.3) is 0 Å². The summed E-state index contributed by atoms with van der Waals surface area (Å²) in [5.74, 6) is -5.68. The number of hydrogen-bond donors (Lipinski definition) is 2. The van der Waals surface area contributed by atoms with Crippen LogP contribution >= 0.6 is 0 Å². The molecule has 14 heteroatoms. The van der Waals surface area contributed by atoms with Gasteiger partial charge in [-0.25, -0.2) is 0 Å². The number of anilines is 2. The van der Waals surface area contributed by atoms with Crippen molar-refractivity contribution < 1.29 is 49.1 Å². The van der Waals surface area contributed by atoms with Crippen molar-refractivity contribution >= 4 is 22.9 Å². The molecule has 2 aromatic rings. The van der Waals surface area contributed by atoms with Gasteiger partial charge in [0, 0.05) is 50.0 Å². The van der Waals surface area contributed by atoms with Crippen LogP contribution in [0, 0.1) is 5.92 Å². The van der Waals surface area contributed by atoms with Gasteiger partial charge in [-0.1, -0.05) is 18.2 Å². The normalized spacial score (nSPS) is 20.2. The van der Waals surface area contributed by atoms with E-state index in [2.05, 4.69) is 27.7 Å². The first-order valence-electron chi connectivity index (χ1n) is 12.3. The number of fused-ring (bicyclic) bond motifs is 2. The van der Waals surface area contributed by atoms with E-state index in [1.165, 1.54) is 22.9 Å². The first-order chi connectivity index (χ1) is 18.6. The Bertz CT molecular complexity index is 1250. The van der Waals surface area contributed by atoms with E-state index >= 15 is 0 Å². The van der Waals surface area contributed by atoms with Gasteiger partial charge in [0.1, 0.15) is 0 Å². The molecule has 0 amide bonds. The first-order valence-corrected chi connectivity index (χ1v) is 12.3. The summed E-state index contributed by atoms with van der Waals surface area (Å²) in [5, 5.41) is 6.80. The van der Waals surface area contributed by atoms with E-state index in [0.717, 1.165) is 50.8 Å². The molecule has 2 N–H and O–H groups in total. The number of ketones is 2. The Balaban J connectivity index is 0.000000263. The second-order valence-corrected chi connectivity index (χ2v) is 9.81. The Morgan fingerprint density at radius 2 is 1.57 bits per heavy atom. The number of nitrogens with one attached hydrogen (secondary N) is 2. The van der Waals surface area contributed by atoms with Crippen LogP contribution in [0.4, 0.5) is 50.9 Å². The van der Waals surface area contributed by atoms with E-state index in [1.54, 1.807) is 12.1 Å². The Labute approximate surface area is 222 Å². The summed E-state index contributed by atoms with van der Waals surface area (Å²) in [4.78, 5) is 21.8. The molecule has 3 heterocycles. The Hall–Kier alpha value is -3.29. The van der Waals surface area contributed by atoms with Gasteiger partial charge in [-0.05, 0) is 53.6 Å². The fourth-order valence-corrected chi connectivity index (χ4v) is 5.41. The third-order valence-corrected chi connectivity index (χ3v) is 7.13. The molecule has 0 radical (unpaired) electrons. The summed E-state index contributed by atoms with van der Waals surface area (Å²) >= 11 is 0. The molecule has 0 saturated carbocycles. The minimum Gasteiger partial charge on any atom is -0.381 e. The average Bonchev–Trinajstić information content (AvgIpc) is 3.34. The highest BCUT2D eigenvalue weighted by Crippen LogP contribution is 2.46. The van der Waals surface area contributed by atoms with E-state index in [4.69, 9.17) is 0 Å². The molecule has 5 nitrogen and oxygen atoms in total. The molecule has 0 bridgehead atoms. The van der Waals surface area contributed by atoms with E-state index < -0.39 is 35.7 Å². The van der Waals surface area contributed by atoms with Crippen molar-refractivity contribution in [1.82, 2.24) is 5.32 Å². The van der Waals surface area contributed by atoms with Crippen molar-refractivity contribution in [3.05, 3.63) is 58.7 Å². The van der Waals surface area contributed by atoms with Gasteiger partial charge < -0.3 is 15.5 Å². The zero-order chi connectivity index (χ0) is 29.5. The molecule has 3 aliphatic heterocycles. The second-order valence-electron chi connectivity index (χ2n) is 9.81. The number of alkyl halides is 9. The fraction of sp³-hybridized carbons (Fsp3) is 0.462. The van der Waals surface area contributed by atoms with Crippen LogP contribution in [0.5, 0.6) is 0 Å². The maximum Gasteiger partial charge on any atom is 0.458 e. The number of halogens is 9. The minimum atomic E-state index is -5.77. The van der Waals surface area contributed by atoms with Crippen LogP contribution in [0.1, 0.15) is 34.6 Å². The predicted molar refractivity (Wildman–Crippen MR) is 127 cm³/mol. The molecule has 2 aromatic carbocycles. The van der Waals surface area contributed by atoms with Gasteiger partial charge in [0.2, 0.25) is 0 Å². The zero-order valence-electron chi connectivity index (χ0n) is 20.7. The third-order valence-electron chi connectivity index (χ3n) is 7.13. The van der Waals surface area contributed by atoms with Crippen molar-refractivity contribution in [2.75, 3.05) is 36.4 Å². The Morgan fingerprint density at radius 1 is 0.925 bits per heavy atom. The molecule has 0 unspecified atom stereocenters. The monoisotopic (exact) mass is 581 g/mol. The summed E-state index contributed by atoms with van der Waals surface area (Å²) < 4.78 is 107. The third kappa shape index (κ3) is 6.37. The molecular formula is C26H24F9N3O2. The van der Waals surface area contributed by atoms with Gasteiger partial charge in [0.15, 0.2) is 0 Å². The molecule has 1 saturated heterocycles. The topological polar surface area (TPSA) is 61.4 Å². The average molecular weight is 581 g/mol. The number of rotatable bonds is 4. The summed E-state index contributed by atoms with van der Waals surface area (Å²) in [7, 11) is 0. The fourth-order valence-electron chi connectivity index (χ4n) is 5.41. The highest BCUT2D eigenvalue weighted by atomic mass is 19.4. The molecule has 2 atom stereocenters. The van der Waals surface area contributed by atoms with Gasteiger partial charge in [-0.2, -0.15) is 39.5 Å². The molecule has 0 aliphatic carbocycles. The van der Waals surface area contributed by atoms with Crippen LogP contribution in [-0.2, 0) is 28.7 Å². The highest BCUT2D eigenvalue weighted by molar-refractivity contribution is 6.41. The summed E-state index contributed by atoms with van der Waals surface area (Å²) in [5.41, 5.74) is 4.74. The van der Waals surface area contributed by atoms with Gasteiger partial charge in [0.05, 0.1) is 5.56 Å². The van der Waals surface area contributed by atoms with Gasteiger partial charge in [-0.15, -0.1) is 0 Å². The van der Waals surface area contributed by atoms with Gasteiger partial charge in [-0.3, -0.25) is 9.59 Å². The number of nitrogens with zero attached hydrogens (tertiary/aromatic N) is 1. The Kier molecular flexibility index (Phi) is 8.12. The lowest BCUT2D eigenvalue weighted by molar-refractivity contribution is -0.193. The lowest BCUT2D eigenvalue weighted by Crippen LogP contribution is -2.41. The minimum absolute atomic E-state index is 0.171. The van der Waals surface area contributed by atoms with E-state index in [0.29, 0.717) is 11.8 Å². The summed E-state index contributed by atoms with van der Waals surface area (Å²) in [6, 6.07) is 10.1. The number of Topliss-reactive ketones (excluding diaryl/α,β-unsaturated/α-hetero) is 2. The summed E-state index contributed by atoms with van der Waals surface area (Å²) in [6.07, 6.45) is -13.7. The zero-order valence-corrected chi connectivity index (χ0v) is 20.7. The van der Waals surface area contributed by atoms with Crippen molar-refractivity contribution in [3.63, 3.8) is 0 Å². The second kappa shape index (κ2) is 10.9. The standard InChI is InChI=1S/C22H24F3N3.C4F6O2/c23-22(24,25)20-6-2-1-4-15(20)11-27-17-8-14-5-3-7-28-13-16-10-26-12-19(16)18(9-17)21(14)28;5-3(6,7)1(11)2(12)4(8,9)10/h1-2,4,6,8-9,16,19,26-27H,3,5,7,10-13H2;/t16-,19-;/m1./s1. The molecule has 218 valence electrons. The molecule has 5 rings (SSSR count). The number of carbonyl (C=O) groups is 2. The number of benzene rings is 2. The predicted octanol–water partition coefficient (Wildman–Crippen LogP) is 5.64. The molecule has 40 heavy (non-hydrogen) atoms. The maximum atomic E-state index is 13.3. The van der Waals surface area contributed by atoms with E-state index in [-0.39, 0.29) is 12.1 Å². The van der Waals surface area contributed by atoms with Crippen LogP contribution in [0.2, 0.25) is 0 Å². The quantitative estimate of drug-likeness (QED) is 0.362. The van der Waals surface area contributed by atoms with Crippen LogP contribution in [0.15, 0.2) is 36.4 Å². The van der Waals surface area contributed by atoms with Gasteiger partial charge >= 0.3 is 30.1 Å². The largest absolute Gasteiger partial charge is 0.458 e. The van der Waals surface area contributed by atoms with E-state index in [1.807, 2.05) is 0 Å². The smallest absolute Gasteiger partial charge is 0.381 e. The van der Waals surface area contributed by atoms with Crippen LogP contribution in [-0.4, -0.2) is 50.1 Å². The van der Waals surface area contributed by atoms with Crippen molar-refractivity contribution in [3.8, 4) is 0 Å². The molecule has 0 spiro atoms. The first kappa shape index (κ1) is 29.7. The molecule has 1 fully saturated rings. The number of aryl methyl sites for hydroxylation is 1. The summed E-state index contributed by atoms with van der Waals surface area (Å²) in [6.45, 7) is 4.43. The van der Waals surface area contributed by atoms with Crippen LogP contribution in [0.25, 0.3) is 0 Å². The number of carbonyl (C=O) groups excluding carboxylic acids is 2. The van der Waals surface area contributed by atoms with Crippen molar-refractivity contribution in [1.29, 1.82) is 0 Å². The highest BCUT2D eigenvalue weighted by Gasteiger charge is 2.54.